The maximum Gasteiger partial charge on any atom is 0.416 e. The molecule has 2 N–H and O–H groups in total. The lowest BCUT2D eigenvalue weighted by molar-refractivity contribution is -0.137. The lowest BCUT2D eigenvalue weighted by atomic mass is 10.1. The van der Waals surface area contributed by atoms with E-state index in [-0.39, 0.29) is 6.54 Å². The molecule has 166 valence electrons. The van der Waals surface area contributed by atoms with E-state index in [9.17, 15) is 13.2 Å². The van der Waals surface area contributed by atoms with Crippen LogP contribution in [0.4, 0.5) is 13.2 Å². The molecular weight excluding hydrogens is 397 g/mol. The minimum absolute atomic E-state index is 0.136. The molecule has 0 saturated heterocycles. The Hall–Kier alpha value is -2.62. The zero-order valence-electron chi connectivity index (χ0n) is 17.4. The minimum Gasteiger partial charge on any atom is -0.382 e. The number of nitrogens with one attached hydrogen (secondary N) is 2. The van der Waals surface area contributed by atoms with Crippen molar-refractivity contribution in [3.05, 3.63) is 47.5 Å². The van der Waals surface area contributed by atoms with Crippen LogP contribution in [0.2, 0.25) is 0 Å². The number of nitrogens with zero attached hydrogens (tertiary/aromatic N) is 4. The van der Waals surface area contributed by atoms with Crippen molar-refractivity contribution in [3.63, 3.8) is 0 Å². The van der Waals surface area contributed by atoms with Gasteiger partial charge in [0, 0.05) is 39.3 Å². The maximum absolute atomic E-state index is 12.9. The largest absolute Gasteiger partial charge is 0.416 e. The molecule has 0 amide bonds. The third kappa shape index (κ3) is 8.02. The van der Waals surface area contributed by atoms with Gasteiger partial charge in [0.15, 0.2) is 5.96 Å². The summed E-state index contributed by atoms with van der Waals surface area (Å²) < 4.78 is 46.0. The Labute approximate surface area is 174 Å². The van der Waals surface area contributed by atoms with Crippen LogP contribution in [0.15, 0.2) is 35.6 Å². The van der Waals surface area contributed by atoms with Gasteiger partial charge in [-0.1, -0.05) is 19.1 Å². The van der Waals surface area contributed by atoms with Crippen LogP contribution in [0.1, 0.15) is 37.2 Å². The van der Waals surface area contributed by atoms with Crippen molar-refractivity contribution >= 4 is 5.96 Å². The van der Waals surface area contributed by atoms with E-state index in [1.807, 2.05) is 18.4 Å². The smallest absolute Gasteiger partial charge is 0.382 e. The summed E-state index contributed by atoms with van der Waals surface area (Å²) in [5, 5.41) is 14.4. The van der Waals surface area contributed by atoms with Gasteiger partial charge in [-0.05, 0) is 31.0 Å². The number of ether oxygens (including phenoxy) is 1. The van der Waals surface area contributed by atoms with E-state index in [0.717, 1.165) is 30.8 Å². The van der Waals surface area contributed by atoms with Gasteiger partial charge in [0.1, 0.15) is 12.2 Å². The van der Waals surface area contributed by atoms with E-state index < -0.39 is 11.7 Å². The number of hydrogen-bond acceptors (Lipinski definition) is 4. The summed E-state index contributed by atoms with van der Waals surface area (Å²) in [6.07, 6.45) is -1.11. The molecule has 10 heteroatoms. The molecule has 1 aromatic heterocycles. The van der Waals surface area contributed by atoms with Crippen LogP contribution in [0.25, 0.3) is 0 Å². The summed E-state index contributed by atoms with van der Waals surface area (Å²) in [6.45, 7) is 7.24. The number of aryl methyl sites for hydroxylation is 1. The molecule has 1 heterocycles. The second-order valence-corrected chi connectivity index (χ2v) is 6.56. The molecule has 2 rings (SSSR count). The molecule has 30 heavy (non-hydrogen) atoms. The summed E-state index contributed by atoms with van der Waals surface area (Å²) in [5.74, 6) is 1.43. The molecule has 0 unspecified atom stereocenters. The monoisotopic (exact) mass is 426 g/mol. The topological polar surface area (TPSA) is 76.4 Å². The zero-order valence-corrected chi connectivity index (χ0v) is 17.4. The summed E-state index contributed by atoms with van der Waals surface area (Å²) in [7, 11) is 0. The normalized spacial score (nSPS) is 12.2. The molecule has 0 aliphatic rings. The van der Waals surface area contributed by atoms with Crippen LogP contribution in [0, 0.1) is 0 Å². The number of rotatable bonds is 11. The van der Waals surface area contributed by atoms with Crippen molar-refractivity contribution in [2.45, 2.75) is 46.0 Å². The number of benzene rings is 1. The quantitative estimate of drug-likeness (QED) is 0.328. The van der Waals surface area contributed by atoms with Crippen molar-refractivity contribution in [3.8, 4) is 0 Å². The molecule has 0 saturated carbocycles. The third-order valence-electron chi connectivity index (χ3n) is 4.29. The van der Waals surface area contributed by atoms with Gasteiger partial charge in [-0.25, -0.2) is 4.99 Å². The second-order valence-electron chi connectivity index (χ2n) is 6.56. The van der Waals surface area contributed by atoms with Crippen LogP contribution in [-0.2, 0) is 30.4 Å². The predicted octanol–water partition coefficient (Wildman–Crippen LogP) is 3.02. The third-order valence-corrected chi connectivity index (χ3v) is 4.29. The zero-order chi connectivity index (χ0) is 21.8. The molecule has 0 fully saturated rings. The maximum atomic E-state index is 12.9. The second kappa shape index (κ2) is 12.2. The first-order chi connectivity index (χ1) is 14.4. The van der Waals surface area contributed by atoms with Gasteiger partial charge >= 0.3 is 6.18 Å². The molecule has 0 aliphatic carbocycles. The Morgan fingerprint density at radius 1 is 1.20 bits per heavy atom. The average Bonchev–Trinajstić information content (AvgIpc) is 3.18. The Morgan fingerprint density at radius 3 is 2.73 bits per heavy atom. The molecule has 0 bridgehead atoms. The van der Waals surface area contributed by atoms with Gasteiger partial charge in [-0.3, -0.25) is 0 Å². The fourth-order valence-electron chi connectivity index (χ4n) is 2.75. The number of alkyl halides is 3. The molecular formula is C20H29F3N6O. The number of halogens is 3. The lowest BCUT2D eigenvalue weighted by Gasteiger charge is -2.14. The van der Waals surface area contributed by atoms with Crippen molar-refractivity contribution in [2.75, 3.05) is 26.3 Å². The summed E-state index contributed by atoms with van der Waals surface area (Å²) in [4.78, 5) is 4.44. The van der Waals surface area contributed by atoms with Gasteiger partial charge in [0.25, 0.3) is 0 Å². The van der Waals surface area contributed by atoms with E-state index in [2.05, 4.69) is 25.8 Å². The first kappa shape index (κ1) is 23.7. The first-order valence-corrected chi connectivity index (χ1v) is 10.1. The van der Waals surface area contributed by atoms with Crippen LogP contribution in [-0.4, -0.2) is 47.0 Å². The van der Waals surface area contributed by atoms with E-state index in [0.29, 0.717) is 44.4 Å². The van der Waals surface area contributed by atoms with Crippen LogP contribution in [0.3, 0.4) is 0 Å². The number of aromatic nitrogens is 3. The Kier molecular flexibility index (Phi) is 9.59. The van der Waals surface area contributed by atoms with Crippen molar-refractivity contribution < 1.29 is 17.9 Å². The van der Waals surface area contributed by atoms with Gasteiger partial charge in [0.2, 0.25) is 0 Å². The molecule has 0 atom stereocenters. The van der Waals surface area contributed by atoms with E-state index in [4.69, 9.17) is 4.74 Å². The SMILES string of the molecule is CCOCCCNC(=NCc1cccc(C(F)(F)F)c1)NCCn1cnnc1CC. The molecule has 0 spiro atoms. The Balaban J connectivity index is 1.97. The molecule has 7 nitrogen and oxygen atoms in total. The van der Waals surface area contributed by atoms with E-state index >= 15 is 0 Å². The Morgan fingerprint density at radius 2 is 2.00 bits per heavy atom. The van der Waals surface area contributed by atoms with E-state index in [1.165, 1.54) is 6.07 Å². The fourth-order valence-corrected chi connectivity index (χ4v) is 2.75. The van der Waals surface area contributed by atoms with Crippen molar-refractivity contribution in [2.24, 2.45) is 4.99 Å². The fraction of sp³-hybridized carbons (Fsp3) is 0.550. The molecule has 0 aliphatic heterocycles. The van der Waals surface area contributed by atoms with Crippen molar-refractivity contribution in [1.29, 1.82) is 0 Å². The summed E-state index contributed by atoms with van der Waals surface area (Å²) in [5.41, 5.74) is -0.179. The molecule has 0 radical (unpaired) electrons. The highest BCUT2D eigenvalue weighted by Gasteiger charge is 2.30. The Bertz CT molecular complexity index is 791. The first-order valence-electron chi connectivity index (χ1n) is 10.1. The minimum atomic E-state index is -4.37. The average molecular weight is 426 g/mol. The molecule has 2 aromatic rings. The summed E-state index contributed by atoms with van der Waals surface area (Å²) >= 11 is 0. The number of aliphatic imine (C=N–C) groups is 1. The standard InChI is InChI=1S/C20H29F3N6O/c1-3-18-28-27-15-29(18)11-10-25-19(24-9-6-12-30-4-2)26-14-16-7-5-8-17(13-16)20(21,22)23/h5,7-8,13,15H,3-4,6,9-12,14H2,1-2H3,(H2,24,25,26). The van der Waals surface area contributed by atoms with Gasteiger partial charge in [0.05, 0.1) is 12.1 Å². The summed E-state index contributed by atoms with van der Waals surface area (Å²) in [6, 6.07) is 5.22. The van der Waals surface area contributed by atoms with Crippen LogP contribution >= 0.6 is 0 Å². The predicted molar refractivity (Wildman–Crippen MR) is 109 cm³/mol. The van der Waals surface area contributed by atoms with Crippen LogP contribution in [0.5, 0.6) is 0 Å². The van der Waals surface area contributed by atoms with Gasteiger partial charge < -0.3 is 19.9 Å². The number of hydrogen-bond donors (Lipinski definition) is 2. The highest BCUT2D eigenvalue weighted by Crippen LogP contribution is 2.29. The van der Waals surface area contributed by atoms with E-state index in [1.54, 1.807) is 12.4 Å². The number of guanidine groups is 1. The van der Waals surface area contributed by atoms with Gasteiger partial charge in [-0.15, -0.1) is 10.2 Å². The lowest BCUT2D eigenvalue weighted by Crippen LogP contribution is -2.39. The molecule has 1 aromatic carbocycles. The van der Waals surface area contributed by atoms with Crippen LogP contribution < -0.4 is 10.6 Å². The highest BCUT2D eigenvalue weighted by molar-refractivity contribution is 5.79. The van der Waals surface area contributed by atoms with Gasteiger partial charge in [-0.2, -0.15) is 13.2 Å². The highest BCUT2D eigenvalue weighted by atomic mass is 19.4. The van der Waals surface area contributed by atoms with Crippen molar-refractivity contribution in [1.82, 2.24) is 25.4 Å².